The quantitative estimate of drug-likeness (QED) is 0.885. The second-order valence-electron chi connectivity index (χ2n) is 5.17. The molecular weight excluding hydrogens is 270 g/mol. The highest BCUT2D eigenvalue weighted by Crippen LogP contribution is 2.18. The van der Waals surface area contributed by atoms with Crippen LogP contribution in [0.5, 0.6) is 0 Å². The van der Waals surface area contributed by atoms with Crippen LogP contribution in [-0.4, -0.2) is 35.1 Å². The molecule has 0 bridgehead atoms. The monoisotopic (exact) mass is 287 g/mol. The number of likely N-dealkylation sites (tertiary alicyclic amines) is 1. The molecule has 2 unspecified atom stereocenters. The second-order valence-corrected chi connectivity index (χ2v) is 5.17. The van der Waals surface area contributed by atoms with Crippen molar-refractivity contribution in [1.82, 2.24) is 10.2 Å². The van der Waals surface area contributed by atoms with Gasteiger partial charge in [-0.15, -0.1) is 0 Å². The van der Waals surface area contributed by atoms with E-state index in [1.807, 2.05) is 13.0 Å². The average molecular weight is 287 g/mol. The smallest absolute Gasteiger partial charge is 0.317 e. The molecule has 0 aliphatic carbocycles. The van der Waals surface area contributed by atoms with Gasteiger partial charge in [0.25, 0.3) is 0 Å². The lowest BCUT2D eigenvalue weighted by Gasteiger charge is -2.21. The number of hydrogen-bond donors (Lipinski definition) is 2. The van der Waals surface area contributed by atoms with Crippen LogP contribution in [-0.2, 0) is 4.79 Å². The first-order valence-corrected chi connectivity index (χ1v) is 6.79. The number of urea groups is 1. The van der Waals surface area contributed by atoms with Gasteiger partial charge < -0.3 is 15.3 Å². The van der Waals surface area contributed by atoms with Gasteiger partial charge in [0.05, 0.1) is 23.6 Å². The van der Waals surface area contributed by atoms with E-state index in [0.717, 1.165) is 5.56 Å². The lowest BCUT2D eigenvalue weighted by molar-refractivity contribution is -0.141. The molecule has 110 valence electrons. The van der Waals surface area contributed by atoms with Gasteiger partial charge in [0.2, 0.25) is 0 Å². The zero-order valence-electron chi connectivity index (χ0n) is 11.7. The minimum absolute atomic E-state index is 0.200. The molecule has 6 nitrogen and oxygen atoms in total. The highest BCUT2D eigenvalue weighted by Gasteiger charge is 2.31. The Kier molecular flexibility index (Phi) is 4.43. The summed E-state index contributed by atoms with van der Waals surface area (Å²) in [7, 11) is 0. The van der Waals surface area contributed by atoms with Gasteiger partial charge in [-0.1, -0.05) is 12.1 Å². The van der Waals surface area contributed by atoms with E-state index in [9.17, 15) is 9.59 Å². The molecule has 2 rings (SSSR count). The lowest BCUT2D eigenvalue weighted by atomic mass is 10.1. The summed E-state index contributed by atoms with van der Waals surface area (Å²) >= 11 is 0. The summed E-state index contributed by atoms with van der Waals surface area (Å²) in [4.78, 5) is 24.5. The van der Waals surface area contributed by atoms with Gasteiger partial charge in [-0.2, -0.15) is 5.26 Å². The maximum Gasteiger partial charge on any atom is 0.317 e. The minimum atomic E-state index is -0.856. The van der Waals surface area contributed by atoms with Crippen LogP contribution in [0.4, 0.5) is 4.79 Å². The Hall–Kier alpha value is -2.55. The third kappa shape index (κ3) is 3.51. The van der Waals surface area contributed by atoms with Crippen LogP contribution < -0.4 is 5.32 Å². The van der Waals surface area contributed by atoms with Crippen molar-refractivity contribution in [3.63, 3.8) is 0 Å². The third-order valence-corrected chi connectivity index (χ3v) is 3.70. The predicted molar refractivity (Wildman–Crippen MR) is 75.4 cm³/mol. The van der Waals surface area contributed by atoms with Crippen LogP contribution in [0.2, 0.25) is 0 Å². The summed E-state index contributed by atoms with van der Waals surface area (Å²) in [6.07, 6.45) is 0.494. The Labute approximate surface area is 123 Å². The van der Waals surface area contributed by atoms with E-state index in [1.165, 1.54) is 4.90 Å². The van der Waals surface area contributed by atoms with Gasteiger partial charge in [-0.25, -0.2) is 4.79 Å². The second kappa shape index (κ2) is 6.27. The Morgan fingerprint density at radius 3 is 2.62 bits per heavy atom. The number of aliphatic carboxylic acids is 1. The molecule has 1 fully saturated rings. The Balaban J connectivity index is 1.93. The molecule has 21 heavy (non-hydrogen) atoms. The van der Waals surface area contributed by atoms with E-state index in [2.05, 4.69) is 5.32 Å². The minimum Gasteiger partial charge on any atom is -0.481 e. The van der Waals surface area contributed by atoms with E-state index in [-0.39, 0.29) is 18.6 Å². The average Bonchev–Trinajstić information content (AvgIpc) is 2.97. The first-order chi connectivity index (χ1) is 10.0. The van der Waals surface area contributed by atoms with Crippen molar-refractivity contribution in [3.8, 4) is 6.07 Å². The number of nitriles is 1. The molecule has 1 heterocycles. The maximum absolute atomic E-state index is 12.1. The highest BCUT2D eigenvalue weighted by atomic mass is 16.4. The number of rotatable bonds is 3. The standard InChI is InChI=1S/C15H17N3O3/c1-10(12-4-2-11(8-16)3-5-12)17-15(21)18-7-6-13(9-18)14(19)20/h2-5,10,13H,6-7,9H2,1H3,(H,17,21)(H,19,20). The number of nitrogens with zero attached hydrogens (tertiary/aromatic N) is 2. The van der Waals surface area contributed by atoms with E-state index in [1.54, 1.807) is 24.3 Å². The number of amides is 2. The van der Waals surface area contributed by atoms with Gasteiger partial charge >= 0.3 is 12.0 Å². The molecule has 0 spiro atoms. The number of carboxylic acids is 1. The zero-order chi connectivity index (χ0) is 15.4. The summed E-state index contributed by atoms with van der Waals surface area (Å²) in [5.74, 6) is -1.33. The fourth-order valence-corrected chi connectivity index (χ4v) is 2.35. The van der Waals surface area contributed by atoms with Crippen LogP contribution in [0.3, 0.4) is 0 Å². The molecule has 6 heteroatoms. The number of nitrogens with one attached hydrogen (secondary N) is 1. The van der Waals surface area contributed by atoms with E-state index in [0.29, 0.717) is 18.5 Å². The zero-order valence-corrected chi connectivity index (χ0v) is 11.7. The summed E-state index contributed by atoms with van der Waals surface area (Å²) < 4.78 is 0. The van der Waals surface area contributed by atoms with Crippen LogP contribution >= 0.6 is 0 Å². The molecule has 1 aromatic carbocycles. The molecule has 1 aliphatic heterocycles. The highest BCUT2D eigenvalue weighted by molar-refractivity contribution is 5.77. The molecule has 2 N–H and O–H groups in total. The topological polar surface area (TPSA) is 93.4 Å². The van der Waals surface area contributed by atoms with Crippen molar-refractivity contribution >= 4 is 12.0 Å². The Bertz CT molecular complexity index is 577. The summed E-state index contributed by atoms with van der Waals surface area (Å²) in [5, 5.41) is 20.5. The number of carbonyl (C=O) groups is 2. The van der Waals surface area contributed by atoms with Crippen LogP contribution in [0.15, 0.2) is 24.3 Å². The number of benzene rings is 1. The van der Waals surface area contributed by atoms with E-state index >= 15 is 0 Å². The first-order valence-electron chi connectivity index (χ1n) is 6.79. The predicted octanol–water partition coefficient (Wildman–Crippen LogP) is 1.74. The number of carboxylic acid groups (broad SMARTS) is 1. The van der Waals surface area contributed by atoms with Crippen molar-refractivity contribution in [2.45, 2.75) is 19.4 Å². The molecule has 0 aromatic heterocycles. The van der Waals surface area contributed by atoms with Gasteiger partial charge in [0, 0.05) is 13.1 Å². The molecule has 0 radical (unpaired) electrons. The molecule has 1 saturated heterocycles. The first kappa shape index (κ1) is 14.9. The maximum atomic E-state index is 12.1. The van der Waals surface area contributed by atoms with Gasteiger partial charge in [0.1, 0.15) is 0 Å². The van der Waals surface area contributed by atoms with Gasteiger partial charge in [-0.05, 0) is 31.0 Å². The Morgan fingerprint density at radius 2 is 2.10 bits per heavy atom. The van der Waals surface area contributed by atoms with Crippen LogP contribution in [0.25, 0.3) is 0 Å². The van der Waals surface area contributed by atoms with Crippen molar-refractivity contribution in [2.24, 2.45) is 5.92 Å². The number of carbonyl (C=O) groups excluding carboxylic acids is 1. The van der Waals surface area contributed by atoms with Crippen molar-refractivity contribution in [2.75, 3.05) is 13.1 Å². The normalized spacial score (nSPS) is 18.9. The molecule has 2 amide bonds. The number of hydrogen-bond acceptors (Lipinski definition) is 3. The third-order valence-electron chi connectivity index (χ3n) is 3.70. The molecular formula is C15H17N3O3. The van der Waals surface area contributed by atoms with Crippen molar-refractivity contribution in [3.05, 3.63) is 35.4 Å². The van der Waals surface area contributed by atoms with Crippen LogP contribution in [0, 0.1) is 17.2 Å². The molecule has 1 aromatic rings. The lowest BCUT2D eigenvalue weighted by Crippen LogP contribution is -2.40. The fraction of sp³-hybridized carbons (Fsp3) is 0.400. The summed E-state index contributed by atoms with van der Waals surface area (Å²) in [6, 6.07) is 8.59. The SMILES string of the molecule is CC(NC(=O)N1CCC(C(=O)O)C1)c1ccc(C#N)cc1. The molecule has 0 saturated carbocycles. The molecule has 2 atom stereocenters. The van der Waals surface area contributed by atoms with E-state index < -0.39 is 11.9 Å². The Morgan fingerprint density at radius 1 is 1.43 bits per heavy atom. The van der Waals surface area contributed by atoms with Crippen molar-refractivity contribution in [1.29, 1.82) is 5.26 Å². The molecule has 1 aliphatic rings. The fourth-order valence-electron chi connectivity index (χ4n) is 2.35. The van der Waals surface area contributed by atoms with E-state index in [4.69, 9.17) is 10.4 Å². The van der Waals surface area contributed by atoms with Crippen molar-refractivity contribution < 1.29 is 14.7 Å². The van der Waals surface area contributed by atoms with Gasteiger partial charge in [-0.3, -0.25) is 4.79 Å². The summed E-state index contributed by atoms with van der Waals surface area (Å²) in [6.45, 7) is 2.56. The van der Waals surface area contributed by atoms with Crippen LogP contribution in [0.1, 0.15) is 30.5 Å². The largest absolute Gasteiger partial charge is 0.481 e. The van der Waals surface area contributed by atoms with Gasteiger partial charge in [0.15, 0.2) is 0 Å². The summed E-state index contributed by atoms with van der Waals surface area (Å²) in [5.41, 5.74) is 1.47.